The minimum atomic E-state index is -0.612. The molecule has 0 aromatic carbocycles. The largest absolute Gasteiger partial charge is 0.374 e. The minimum Gasteiger partial charge on any atom is -0.374 e. The molecule has 1 atom stereocenters. The van der Waals surface area contributed by atoms with Crippen LogP contribution in [0.25, 0.3) is 5.65 Å². The molecule has 110 valence electrons. The van der Waals surface area contributed by atoms with Crippen LogP contribution >= 0.6 is 0 Å². The normalized spacial score (nSPS) is 12.9. The SMILES string of the molecule is CNCCCCCCNC(O)c1ccc2nccn2c1. The van der Waals surface area contributed by atoms with Crippen LogP contribution in [-0.2, 0) is 0 Å². The average molecular weight is 276 g/mol. The zero-order valence-electron chi connectivity index (χ0n) is 12.0. The fourth-order valence-electron chi connectivity index (χ4n) is 2.24. The maximum Gasteiger partial charge on any atom is 0.136 e. The number of nitrogens with zero attached hydrogens (tertiary/aromatic N) is 2. The Balaban J connectivity index is 1.70. The van der Waals surface area contributed by atoms with Crippen LogP contribution in [0.3, 0.4) is 0 Å². The van der Waals surface area contributed by atoms with Gasteiger partial charge in [0.15, 0.2) is 0 Å². The lowest BCUT2D eigenvalue weighted by Crippen LogP contribution is -2.22. The smallest absolute Gasteiger partial charge is 0.136 e. The Kier molecular flexibility index (Phi) is 5.98. The molecule has 0 aliphatic carbocycles. The van der Waals surface area contributed by atoms with E-state index in [1.54, 1.807) is 6.20 Å². The second-order valence-electron chi connectivity index (χ2n) is 5.03. The van der Waals surface area contributed by atoms with Gasteiger partial charge < -0.3 is 14.8 Å². The van der Waals surface area contributed by atoms with Gasteiger partial charge in [-0.15, -0.1) is 0 Å². The highest BCUT2D eigenvalue weighted by molar-refractivity contribution is 5.39. The van der Waals surface area contributed by atoms with Crippen LogP contribution in [-0.4, -0.2) is 34.6 Å². The van der Waals surface area contributed by atoms with Gasteiger partial charge in [0, 0.05) is 24.2 Å². The average Bonchev–Trinajstić information content (AvgIpc) is 2.93. The predicted molar refractivity (Wildman–Crippen MR) is 80.5 cm³/mol. The molecular formula is C15H24N4O. The highest BCUT2D eigenvalue weighted by Gasteiger charge is 2.07. The van der Waals surface area contributed by atoms with E-state index in [0.29, 0.717) is 0 Å². The third-order valence-electron chi connectivity index (χ3n) is 3.42. The Morgan fingerprint density at radius 2 is 2.00 bits per heavy atom. The van der Waals surface area contributed by atoms with E-state index in [1.165, 1.54) is 19.3 Å². The Hall–Kier alpha value is -1.43. The van der Waals surface area contributed by atoms with Gasteiger partial charge in [0.05, 0.1) is 0 Å². The molecule has 5 nitrogen and oxygen atoms in total. The number of aromatic nitrogens is 2. The summed E-state index contributed by atoms with van der Waals surface area (Å²) in [6.07, 6.45) is 9.68. The molecular weight excluding hydrogens is 252 g/mol. The summed E-state index contributed by atoms with van der Waals surface area (Å²) in [5, 5.41) is 16.4. The van der Waals surface area contributed by atoms with Gasteiger partial charge in [-0.05, 0) is 45.1 Å². The Morgan fingerprint density at radius 3 is 2.80 bits per heavy atom. The Bertz CT molecular complexity index is 511. The number of hydrogen-bond donors (Lipinski definition) is 3. The monoisotopic (exact) mass is 276 g/mol. The molecule has 0 fully saturated rings. The van der Waals surface area contributed by atoms with Crippen molar-refractivity contribution in [3.63, 3.8) is 0 Å². The number of nitrogens with one attached hydrogen (secondary N) is 2. The lowest BCUT2D eigenvalue weighted by molar-refractivity contribution is 0.138. The summed E-state index contributed by atoms with van der Waals surface area (Å²) in [5.41, 5.74) is 1.76. The van der Waals surface area contributed by atoms with Crippen molar-refractivity contribution >= 4 is 5.65 Å². The summed E-state index contributed by atoms with van der Waals surface area (Å²) in [7, 11) is 1.98. The molecule has 0 radical (unpaired) electrons. The summed E-state index contributed by atoms with van der Waals surface area (Å²) < 4.78 is 1.91. The summed E-state index contributed by atoms with van der Waals surface area (Å²) in [6, 6.07) is 3.82. The number of aliphatic hydroxyl groups is 1. The summed E-state index contributed by atoms with van der Waals surface area (Å²) in [4.78, 5) is 4.19. The second-order valence-corrected chi connectivity index (χ2v) is 5.03. The third kappa shape index (κ3) is 4.30. The lowest BCUT2D eigenvalue weighted by Gasteiger charge is -2.13. The molecule has 5 heteroatoms. The van der Waals surface area contributed by atoms with Crippen molar-refractivity contribution in [2.75, 3.05) is 20.1 Å². The van der Waals surface area contributed by atoms with E-state index in [4.69, 9.17) is 0 Å². The molecule has 0 spiro atoms. The highest BCUT2D eigenvalue weighted by atomic mass is 16.3. The predicted octanol–water partition coefficient (Wildman–Crippen LogP) is 1.69. The first-order valence-electron chi connectivity index (χ1n) is 7.30. The summed E-state index contributed by atoms with van der Waals surface area (Å²) in [6.45, 7) is 1.92. The van der Waals surface area contributed by atoms with E-state index < -0.39 is 6.23 Å². The highest BCUT2D eigenvalue weighted by Crippen LogP contribution is 2.11. The fraction of sp³-hybridized carbons (Fsp3) is 0.533. The van der Waals surface area contributed by atoms with Crippen molar-refractivity contribution in [1.82, 2.24) is 20.0 Å². The van der Waals surface area contributed by atoms with Crippen LogP contribution in [0.15, 0.2) is 30.7 Å². The molecule has 0 bridgehead atoms. The molecule has 0 amide bonds. The van der Waals surface area contributed by atoms with Crippen LogP contribution in [0.2, 0.25) is 0 Å². The van der Waals surface area contributed by atoms with Gasteiger partial charge in [-0.3, -0.25) is 5.32 Å². The summed E-state index contributed by atoms with van der Waals surface area (Å²) >= 11 is 0. The number of fused-ring (bicyclic) bond motifs is 1. The molecule has 0 saturated carbocycles. The topological polar surface area (TPSA) is 61.6 Å². The lowest BCUT2D eigenvalue weighted by atomic mass is 10.2. The van der Waals surface area contributed by atoms with E-state index in [2.05, 4.69) is 15.6 Å². The van der Waals surface area contributed by atoms with Crippen LogP contribution in [0.4, 0.5) is 0 Å². The standard InChI is InChI=1S/C15H24N4O/c1-16-8-4-2-3-5-9-18-15(20)13-6-7-14-17-10-11-19(14)12-13/h6-7,10-12,15-16,18,20H,2-5,8-9H2,1H3. The third-order valence-corrected chi connectivity index (χ3v) is 3.42. The van der Waals surface area contributed by atoms with Crippen LogP contribution < -0.4 is 10.6 Å². The van der Waals surface area contributed by atoms with E-state index in [9.17, 15) is 5.11 Å². The van der Waals surface area contributed by atoms with Gasteiger partial charge in [-0.1, -0.05) is 12.8 Å². The number of unbranched alkanes of at least 4 members (excludes halogenated alkanes) is 3. The molecule has 0 aliphatic rings. The zero-order valence-corrected chi connectivity index (χ0v) is 12.0. The van der Waals surface area contributed by atoms with Gasteiger partial charge in [0.1, 0.15) is 11.9 Å². The van der Waals surface area contributed by atoms with Gasteiger partial charge >= 0.3 is 0 Å². The van der Waals surface area contributed by atoms with Crippen LogP contribution in [0, 0.1) is 0 Å². The van der Waals surface area contributed by atoms with Crippen molar-refractivity contribution in [3.05, 3.63) is 36.3 Å². The van der Waals surface area contributed by atoms with Gasteiger partial charge in [0.2, 0.25) is 0 Å². The first kappa shape index (κ1) is 15.0. The zero-order chi connectivity index (χ0) is 14.2. The molecule has 2 rings (SSSR count). The quantitative estimate of drug-likeness (QED) is 0.482. The molecule has 2 heterocycles. The minimum absolute atomic E-state index is 0.612. The Morgan fingerprint density at radius 1 is 1.20 bits per heavy atom. The summed E-state index contributed by atoms with van der Waals surface area (Å²) in [5.74, 6) is 0. The molecule has 1 unspecified atom stereocenters. The maximum absolute atomic E-state index is 10.1. The molecule has 2 aromatic rings. The molecule has 0 aliphatic heterocycles. The number of hydrogen-bond acceptors (Lipinski definition) is 4. The molecule has 20 heavy (non-hydrogen) atoms. The van der Waals surface area contributed by atoms with Crippen LogP contribution in [0.5, 0.6) is 0 Å². The van der Waals surface area contributed by atoms with Gasteiger partial charge in [0.25, 0.3) is 0 Å². The fourth-order valence-corrected chi connectivity index (χ4v) is 2.24. The van der Waals surface area contributed by atoms with E-state index in [0.717, 1.165) is 30.7 Å². The van der Waals surface area contributed by atoms with Crippen molar-refractivity contribution < 1.29 is 5.11 Å². The van der Waals surface area contributed by atoms with E-state index >= 15 is 0 Å². The first-order chi connectivity index (χ1) is 9.81. The number of imidazole rings is 1. The number of rotatable bonds is 9. The van der Waals surface area contributed by atoms with Crippen molar-refractivity contribution in [2.45, 2.75) is 31.9 Å². The van der Waals surface area contributed by atoms with Crippen molar-refractivity contribution in [2.24, 2.45) is 0 Å². The molecule has 2 aromatic heterocycles. The van der Waals surface area contributed by atoms with Crippen molar-refractivity contribution in [1.29, 1.82) is 0 Å². The maximum atomic E-state index is 10.1. The van der Waals surface area contributed by atoms with Crippen LogP contribution in [0.1, 0.15) is 37.5 Å². The van der Waals surface area contributed by atoms with E-state index in [1.807, 2.05) is 36.0 Å². The molecule has 3 N–H and O–H groups in total. The Labute approximate surface area is 120 Å². The van der Waals surface area contributed by atoms with Gasteiger partial charge in [-0.2, -0.15) is 0 Å². The van der Waals surface area contributed by atoms with Crippen molar-refractivity contribution in [3.8, 4) is 0 Å². The first-order valence-corrected chi connectivity index (χ1v) is 7.30. The second kappa shape index (κ2) is 7.99. The molecule has 0 saturated heterocycles. The van der Waals surface area contributed by atoms with Gasteiger partial charge in [-0.25, -0.2) is 4.98 Å². The number of pyridine rings is 1. The number of aliphatic hydroxyl groups excluding tert-OH is 1. The van der Waals surface area contributed by atoms with E-state index in [-0.39, 0.29) is 0 Å².